The predicted molar refractivity (Wildman–Crippen MR) is 97.3 cm³/mol. The molecule has 0 bridgehead atoms. The first-order valence-corrected chi connectivity index (χ1v) is 8.94. The Kier molecular flexibility index (Phi) is 5.18. The molecular weight excluding hydrogens is 346 g/mol. The summed E-state index contributed by atoms with van der Waals surface area (Å²) >= 11 is 7.52. The van der Waals surface area contributed by atoms with Gasteiger partial charge in [-0.05, 0) is 30.3 Å². The van der Waals surface area contributed by atoms with E-state index in [2.05, 4.69) is 19.1 Å². The van der Waals surface area contributed by atoms with E-state index in [1.807, 2.05) is 18.2 Å². The third-order valence-electron chi connectivity index (χ3n) is 3.61. The second-order valence-corrected chi connectivity index (χ2v) is 7.30. The molecule has 24 heavy (non-hydrogen) atoms. The highest BCUT2D eigenvalue weighted by molar-refractivity contribution is 7.22. The molecular formula is C17H19ClN3O2S+. The maximum atomic E-state index is 12.8. The number of nitrogens with zero attached hydrogens (tertiary/aromatic N) is 2. The van der Waals surface area contributed by atoms with Gasteiger partial charge in [0, 0.05) is 18.0 Å². The number of benzene rings is 1. The minimum Gasteiger partial charge on any atom is -0.459 e. The lowest BCUT2D eigenvalue weighted by molar-refractivity contribution is -0.858. The van der Waals surface area contributed by atoms with Crippen LogP contribution in [0.5, 0.6) is 0 Å². The third kappa shape index (κ3) is 3.77. The zero-order valence-corrected chi connectivity index (χ0v) is 15.2. The van der Waals surface area contributed by atoms with E-state index < -0.39 is 0 Å². The van der Waals surface area contributed by atoms with Gasteiger partial charge in [-0.2, -0.15) is 0 Å². The van der Waals surface area contributed by atoms with E-state index in [1.54, 1.807) is 17.0 Å². The molecule has 0 spiro atoms. The molecule has 5 nitrogen and oxygen atoms in total. The van der Waals surface area contributed by atoms with Crippen LogP contribution in [0, 0.1) is 0 Å². The molecule has 0 saturated carbocycles. The second-order valence-electron chi connectivity index (χ2n) is 5.85. The summed E-state index contributed by atoms with van der Waals surface area (Å²) in [5.74, 6) is 0.156. The van der Waals surface area contributed by atoms with Gasteiger partial charge >= 0.3 is 0 Å². The van der Waals surface area contributed by atoms with E-state index in [1.165, 1.54) is 22.5 Å². The Hall–Kier alpha value is -1.89. The minimum atomic E-state index is -0.168. The quantitative estimate of drug-likeness (QED) is 0.731. The van der Waals surface area contributed by atoms with Crippen molar-refractivity contribution in [3.05, 3.63) is 47.4 Å². The SMILES string of the molecule is C[NH+](C)CCCN(C(=O)c1ccco1)c1nc2ccc(Cl)cc2s1. The fourth-order valence-corrected chi connectivity index (χ4v) is 3.68. The van der Waals surface area contributed by atoms with Crippen molar-refractivity contribution in [1.82, 2.24) is 4.98 Å². The number of hydrogen-bond acceptors (Lipinski definition) is 4. The molecule has 0 aliphatic carbocycles. The molecule has 2 aromatic heterocycles. The number of halogens is 1. The van der Waals surface area contributed by atoms with E-state index in [0.717, 1.165) is 23.2 Å². The van der Waals surface area contributed by atoms with E-state index in [9.17, 15) is 4.79 Å². The Morgan fingerprint density at radius 2 is 2.21 bits per heavy atom. The maximum Gasteiger partial charge on any atom is 0.295 e. The number of carbonyl (C=O) groups excluding carboxylic acids is 1. The molecule has 0 fully saturated rings. The van der Waals surface area contributed by atoms with Crippen molar-refractivity contribution < 1.29 is 14.1 Å². The molecule has 3 aromatic rings. The van der Waals surface area contributed by atoms with Crippen LogP contribution < -0.4 is 9.80 Å². The Labute approximate surface area is 149 Å². The number of amides is 1. The number of hydrogen-bond donors (Lipinski definition) is 1. The summed E-state index contributed by atoms with van der Waals surface area (Å²) in [6.07, 6.45) is 2.39. The van der Waals surface area contributed by atoms with Gasteiger partial charge in [-0.1, -0.05) is 22.9 Å². The summed E-state index contributed by atoms with van der Waals surface area (Å²) in [7, 11) is 4.19. The van der Waals surface area contributed by atoms with E-state index in [4.69, 9.17) is 16.0 Å². The van der Waals surface area contributed by atoms with Gasteiger partial charge < -0.3 is 9.32 Å². The lowest BCUT2D eigenvalue weighted by atomic mass is 10.3. The molecule has 3 rings (SSSR count). The summed E-state index contributed by atoms with van der Waals surface area (Å²) in [6, 6.07) is 8.94. The van der Waals surface area contributed by atoms with Gasteiger partial charge in [0.15, 0.2) is 10.9 Å². The number of fused-ring (bicyclic) bond motifs is 1. The number of furan rings is 1. The van der Waals surface area contributed by atoms with E-state index in [-0.39, 0.29) is 5.91 Å². The molecule has 0 saturated heterocycles. The zero-order valence-electron chi connectivity index (χ0n) is 13.6. The standard InChI is InChI=1S/C17H18ClN3O2S/c1-20(2)8-4-9-21(16(22)14-5-3-10-23-14)17-19-13-7-6-12(18)11-15(13)24-17/h3,5-7,10-11H,4,8-9H2,1-2H3/p+1. The molecule has 1 aromatic carbocycles. The average molecular weight is 365 g/mol. The highest BCUT2D eigenvalue weighted by Gasteiger charge is 2.23. The van der Waals surface area contributed by atoms with Crippen LogP contribution in [0.3, 0.4) is 0 Å². The molecule has 126 valence electrons. The van der Waals surface area contributed by atoms with Gasteiger partial charge in [0.05, 0.1) is 37.1 Å². The van der Waals surface area contributed by atoms with Crippen LogP contribution in [0.25, 0.3) is 10.2 Å². The molecule has 1 amide bonds. The molecule has 0 aliphatic heterocycles. The fraction of sp³-hybridized carbons (Fsp3) is 0.294. The lowest BCUT2D eigenvalue weighted by Gasteiger charge is -2.19. The van der Waals surface area contributed by atoms with Crippen molar-refractivity contribution in [3.8, 4) is 0 Å². The van der Waals surface area contributed by atoms with Crippen molar-refractivity contribution in [2.75, 3.05) is 32.1 Å². The molecule has 2 heterocycles. The van der Waals surface area contributed by atoms with Gasteiger partial charge in [-0.25, -0.2) is 4.98 Å². The Balaban J connectivity index is 1.91. The Morgan fingerprint density at radius 1 is 1.38 bits per heavy atom. The summed E-state index contributed by atoms with van der Waals surface area (Å²) in [4.78, 5) is 20.4. The maximum absolute atomic E-state index is 12.8. The highest BCUT2D eigenvalue weighted by Crippen LogP contribution is 2.31. The third-order valence-corrected chi connectivity index (χ3v) is 4.88. The first-order chi connectivity index (χ1) is 11.5. The second kappa shape index (κ2) is 7.34. The average Bonchev–Trinajstić information content (AvgIpc) is 3.19. The number of aromatic nitrogens is 1. The number of anilines is 1. The summed E-state index contributed by atoms with van der Waals surface area (Å²) in [6.45, 7) is 1.57. The van der Waals surface area contributed by atoms with Crippen LogP contribution in [-0.4, -0.2) is 38.1 Å². The number of thiazole rings is 1. The number of quaternary nitrogens is 1. The molecule has 0 atom stereocenters. The first-order valence-electron chi connectivity index (χ1n) is 7.75. The summed E-state index contributed by atoms with van der Waals surface area (Å²) < 4.78 is 6.24. The monoisotopic (exact) mass is 364 g/mol. The zero-order chi connectivity index (χ0) is 17.1. The van der Waals surface area contributed by atoms with E-state index in [0.29, 0.717) is 22.5 Å². The van der Waals surface area contributed by atoms with Crippen molar-refractivity contribution >= 4 is 44.2 Å². The first kappa shape index (κ1) is 17.0. The lowest BCUT2D eigenvalue weighted by Crippen LogP contribution is -3.05. The van der Waals surface area contributed by atoms with Gasteiger partial charge in [0.2, 0.25) is 0 Å². The molecule has 1 N–H and O–H groups in total. The van der Waals surface area contributed by atoms with Crippen molar-refractivity contribution in [2.45, 2.75) is 6.42 Å². The Bertz CT molecular complexity index is 830. The van der Waals surface area contributed by atoms with Crippen molar-refractivity contribution in [1.29, 1.82) is 0 Å². The number of rotatable bonds is 6. The van der Waals surface area contributed by atoms with Gasteiger partial charge in [-0.15, -0.1) is 0 Å². The van der Waals surface area contributed by atoms with Gasteiger partial charge in [-0.3, -0.25) is 9.69 Å². The molecule has 7 heteroatoms. The number of nitrogens with one attached hydrogen (secondary N) is 1. The highest BCUT2D eigenvalue weighted by atomic mass is 35.5. The normalized spacial score (nSPS) is 11.3. The van der Waals surface area contributed by atoms with Crippen LogP contribution in [0.1, 0.15) is 17.0 Å². The molecule has 0 aliphatic rings. The molecule has 0 radical (unpaired) electrons. The van der Waals surface area contributed by atoms with Crippen LogP contribution in [-0.2, 0) is 0 Å². The fourth-order valence-electron chi connectivity index (χ4n) is 2.41. The Morgan fingerprint density at radius 3 is 2.92 bits per heavy atom. The summed E-state index contributed by atoms with van der Waals surface area (Å²) in [5.41, 5.74) is 0.842. The topological polar surface area (TPSA) is 50.8 Å². The smallest absolute Gasteiger partial charge is 0.295 e. The minimum absolute atomic E-state index is 0.168. The van der Waals surface area contributed by atoms with E-state index >= 15 is 0 Å². The predicted octanol–water partition coefficient (Wildman–Crippen LogP) is 2.72. The van der Waals surface area contributed by atoms with Crippen LogP contribution in [0.2, 0.25) is 5.02 Å². The van der Waals surface area contributed by atoms with Gasteiger partial charge in [0.25, 0.3) is 5.91 Å². The van der Waals surface area contributed by atoms with Crippen molar-refractivity contribution in [2.24, 2.45) is 0 Å². The van der Waals surface area contributed by atoms with Crippen LogP contribution in [0.4, 0.5) is 5.13 Å². The van der Waals surface area contributed by atoms with Crippen LogP contribution in [0.15, 0.2) is 41.0 Å². The summed E-state index contributed by atoms with van der Waals surface area (Å²) in [5, 5.41) is 1.33. The largest absolute Gasteiger partial charge is 0.459 e. The van der Waals surface area contributed by atoms with Crippen molar-refractivity contribution in [3.63, 3.8) is 0 Å². The van der Waals surface area contributed by atoms with Gasteiger partial charge in [0.1, 0.15) is 0 Å². The molecule has 0 unspecified atom stereocenters. The van der Waals surface area contributed by atoms with Crippen LogP contribution >= 0.6 is 22.9 Å². The number of carbonyl (C=O) groups is 1.